The molecule has 0 aliphatic carbocycles. The molecule has 3 heterocycles. The van der Waals surface area contributed by atoms with E-state index in [0.717, 1.165) is 42.4 Å². The maximum Gasteiger partial charge on any atom is 0.222 e. The van der Waals surface area contributed by atoms with Crippen LogP contribution in [0.1, 0.15) is 25.7 Å². The minimum absolute atomic E-state index is 0.172. The Balaban J connectivity index is 1.86. The zero-order chi connectivity index (χ0) is 13.7. The number of anilines is 2. The molecule has 0 saturated carbocycles. The van der Waals surface area contributed by atoms with Crippen molar-refractivity contribution in [1.29, 1.82) is 0 Å². The van der Waals surface area contributed by atoms with Crippen molar-refractivity contribution >= 4 is 22.7 Å². The number of nitrogens with two attached hydrogens (primary N) is 1. The van der Waals surface area contributed by atoms with Crippen molar-refractivity contribution in [3.63, 3.8) is 0 Å². The topological polar surface area (TPSA) is 75.3 Å². The van der Waals surface area contributed by atoms with Gasteiger partial charge in [-0.3, -0.25) is 0 Å². The number of fused-ring (bicyclic) bond motifs is 3. The summed E-state index contributed by atoms with van der Waals surface area (Å²) in [5.41, 5.74) is 6.76. The Morgan fingerprint density at radius 2 is 1.80 bits per heavy atom. The molecule has 1 aromatic carbocycles. The van der Waals surface area contributed by atoms with E-state index in [2.05, 4.69) is 20.9 Å². The molecule has 2 aliphatic rings. The summed E-state index contributed by atoms with van der Waals surface area (Å²) in [7, 11) is 0. The number of aromatic nitrogens is 2. The average Bonchev–Trinajstić information content (AvgIpc) is 2.69. The van der Waals surface area contributed by atoms with Crippen LogP contribution in [-0.2, 0) is 0 Å². The number of nitrogens with zero attached hydrogens (tertiary/aromatic N) is 3. The Morgan fingerprint density at radius 1 is 1.10 bits per heavy atom. The Kier molecular flexibility index (Phi) is 2.57. The molecule has 2 aliphatic heterocycles. The van der Waals surface area contributed by atoms with Crippen LogP contribution in [0.25, 0.3) is 10.9 Å². The molecule has 20 heavy (non-hydrogen) atoms. The third-order valence-corrected chi connectivity index (χ3v) is 4.55. The van der Waals surface area contributed by atoms with E-state index in [1.807, 2.05) is 18.2 Å². The number of aliphatic hydroxyl groups is 1. The lowest BCUT2D eigenvalue weighted by molar-refractivity contribution is 0.126. The van der Waals surface area contributed by atoms with Gasteiger partial charge in [0.05, 0.1) is 11.6 Å². The molecule has 0 spiro atoms. The SMILES string of the molecule is Nc1nc(N2C3CCC2CC(O)C3)c2ccccc2n1. The fraction of sp³-hybridized carbons (Fsp3) is 0.467. The lowest BCUT2D eigenvalue weighted by Gasteiger charge is -2.38. The molecule has 4 rings (SSSR count). The summed E-state index contributed by atoms with van der Waals surface area (Å²) in [6.45, 7) is 0. The molecule has 2 fully saturated rings. The van der Waals surface area contributed by atoms with Crippen LogP contribution in [0.2, 0.25) is 0 Å². The minimum Gasteiger partial charge on any atom is -0.393 e. The second kappa shape index (κ2) is 4.31. The zero-order valence-electron chi connectivity index (χ0n) is 11.2. The molecule has 0 radical (unpaired) electrons. The highest BCUT2D eigenvalue weighted by Gasteiger charge is 2.41. The Bertz CT molecular complexity index is 645. The molecular formula is C15H18N4O. The van der Waals surface area contributed by atoms with Crippen molar-refractivity contribution in [3.8, 4) is 0 Å². The van der Waals surface area contributed by atoms with Crippen molar-refractivity contribution in [3.05, 3.63) is 24.3 Å². The molecule has 2 aromatic rings. The molecule has 2 bridgehead atoms. The Hall–Kier alpha value is -1.88. The smallest absolute Gasteiger partial charge is 0.222 e. The number of rotatable bonds is 1. The third-order valence-electron chi connectivity index (χ3n) is 4.55. The van der Waals surface area contributed by atoms with Gasteiger partial charge >= 0.3 is 0 Å². The summed E-state index contributed by atoms with van der Waals surface area (Å²) >= 11 is 0. The van der Waals surface area contributed by atoms with Crippen LogP contribution >= 0.6 is 0 Å². The molecular weight excluding hydrogens is 252 g/mol. The fourth-order valence-electron chi connectivity index (χ4n) is 3.77. The van der Waals surface area contributed by atoms with Gasteiger partial charge in [-0.1, -0.05) is 12.1 Å². The van der Waals surface area contributed by atoms with Crippen LogP contribution in [0, 0.1) is 0 Å². The van der Waals surface area contributed by atoms with Crippen LogP contribution in [0.4, 0.5) is 11.8 Å². The Morgan fingerprint density at radius 3 is 2.55 bits per heavy atom. The van der Waals surface area contributed by atoms with Crippen LogP contribution in [0.3, 0.4) is 0 Å². The van der Waals surface area contributed by atoms with E-state index in [9.17, 15) is 5.11 Å². The summed E-state index contributed by atoms with van der Waals surface area (Å²) in [5.74, 6) is 1.26. The first kappa shape index (κ1) is 11.9. The average molecular weight is 270 g/mol. The maximum absolute atomic E-state index is 9.94. The highest BCUT2D eigenvalue weighted by Crippen LogP contribution is 2.40. The highest BCUT2D eigenvalue weighted by atomic mass is 16.3. The summed E-state index contributed by atoms with van der Waals surface area (Å²) in [6, 6.07) is 8.74. The van der Waals surface area contributed by atoms with Gasteiger partial charge in [0.15, 0.2) is 0 Å². The monoisotopic (exact) mass is 270 g/mol. The van der Waals surface area contributed by atoms with Crippen molar-refractivity contribution in [2.24, 2.45) is 0 Å². The minimum atomic E-state index is -0.172. The zero-order valence-corrected chi connectivity index (χ0v) is 11.2. The summed E-state index contributed by atoms with van der Waals surface area (Å²) < 4.78 is 0. The molecule has 2 atom stereocenters. The first-order valence-electron chi connectivity index (χ1n) is 7.21. The van der Waals surface area contributed by atoms with Gasteiger partial charge in [-0.2, -0.15) is 4.98 Å². The van der Waals surface area contributed by atoms with Gasteiger partial charge in [0.2, 0.25) is 5.95 Å². The standard InChI is InChI=1S/C15H18N4O/c16-15-17-13-4-2-1-3-12(13)14(18-15)19-9-5-6-10(19)8-11(20)7-9/h1-4,9-11,20H,5-8H2,(H2,16,17,18). The van der Waals surface area contributed by atoms with Crippen molar-refractivity contribution in [1.82, 2.24) is 9.97 Å². The quantitative estimate of drug-likeness (QED) is 0.825. The summed E-state index contributed by atoms with van der Waals surface area (Å²) in [4.78, 5) is 11.2. The van der Waals surface area contributed by atoms with E-state index in [-0.39, 0.29) is 6.10 Å². The number of piperidine rings is 1. The van der Waals surface area contributed by atoms with Crippen molar-refractivity contribution in [2.75, 3.05) is 10.6 Å². The first-order chi connectivity index (χ1) is 9.72. The molecule has 2 saturated heterocycles. The normalized spacial score (nSPS) is 29.1. The van der Waals surface area contributed by atoms with E-state index in [1.165, 1.54) is 0 Å². The van der Waals surface area contributed by atoms with Gasteiger partial charge in [0.1, 0.15) is 5.82 Å². The van der Waals surface area contributed by atoms with Crippen LogP contribution in [0.15, 0.2) is 24.3 Å². The predicted octanol–water partition coefficient (Wildman–Crippen LogP) is 1.70. The number of hydrogen-bond donors (Lipinski definition) is 2. The second-order valence-corrected chi connectivity index (χ2v) is 5.84. The fourth-order valence-corrected chi connectivity index (χ4v) is 3.77. The van der Waals surface area contributed by atoms with Gasteiger partial charge in [-0.05, 0) is 37.8 Å². The largest absolute Gasteiger partial charge is 0.393 e. The number of para-hydroxylation sites is 1. The molecule has 5 nitrogen and oxygen atoms in total. The molecule has 3 N–H and O–H groups in total. The van der Waals surface area contributed by atoms with Gasteiger partial charge in [0.25, 0.3) is 0 Å². The molecule has 0 amide bonds. The van der Waals surface area contributed by atoms with E-state index in [0.29, 0.717) is 18.0 Å². The van der Waals surface area contributed by atoms with Gasteiger partial charge in [0, 0.05) is 17.5 Å². The van der Waals surface area contributed by atoms with Crippen LogP contribution in [0.5, 0.6) is 0 Å². The highest BCUT2D eigenvalue weighted by molar-refractivity contribution is 5.90. The number of aliphatic hydroxyl groups excluding tert-OH is 1. The van der Waals surface area contributed by atoms with Crippen LogP contribution in [-0.4, -0.2) is 33.3 Å². The molecule has 2 unspecified atom stereocenters. The first-order valence-corrected chi connectivity index (χ1v) is 7.21. The number of nitrogen functional groups attached to an aromatic ring is 1. The van der Waals surface area contributed by atoms with Gasteiger partial charge in [-0.15, -0.1) is 0 Å². The van der Waals surface area contributed by atoms with E-state index >= 15 is 0 Å². The molecule has 104 valence electrons. The van der Waals surface area contributed by atoms with Crippen LogP contribution < -0.4 is 10.6 Å². The van der Waals surface area contributed by atoms with E-state index in [1.54, 1.807) is 0 Å². The Labute approximate surface area is 117 Å². The van der Waals surface area contributed by atoms with Crippen molar-refractivity contribution < 1.29 is 5.11 Å². The summed E-state index contributed by atoms with van der Waals surface area (Å²) in [6.07, 6.45) is 3.73. The predicted molar refractivity (Wildman–Crippen MR) is 78.5 cm³/mol. The molecule has 5 heteroatoms. The van der Waals surface area contributed by atoms with Gasteiger partial charge in [-0.25, -0.2) is 4.98 Å². The van der Waals surface area contributed by atoms with E-state index < -0.39 is 0 Å². The van der Waals surface area contributed by atoms with E-state index in [4.69, 9.17) is 5.73 Å². The lowest BCUT2D eigenvalue weighted by atomic mass is 9.99. The van der Waals surface area contributed by atoms with Crippen molar-refractivity contribution in [2.45, 2.75) is 43.9 Å². The second-order valence-electron chi connectivity index (χ2n) is 5.84. The summed E-state index contributed by atoms with van der Waals surface area (Å²) in [5, 5.41) is 11.0. The lowest BCUT2D eigenvalue weighted by Crippen LogP contribution is -2.45. The third kappa shape index (κ3) is 1.73. The number of hydrogen-bond acceptors (Lipinski definition) is 5. The molecule has 1 aromatic heterocycles. The van der Waals surface area contributed by atoms with Gasteiger partial charge < -0.3 is 15.7 Å². The number of benzene rings is 1. The maximum atomic E-state index is 9.94.